The Morgan fingerprint density at radius 3 is 2.78 bits per heavy atom. The van der Waals surface area contributed by atoms with Crippen LogP contribution in [-0.4, -0.2) is 6.73 Å². The lowest BCUT2D eigenvalue weighted by Crippen LogP contribution is -2.06. The average molecular weight is 124 g/mol. The maximum Gasteiger partial charge on any atom is 0.137 e. The molecule has 0 aliphatic heterocycles. The highest BCUT2D eigenvalue weighted by atomic mass is 16.5. The zero-order valence-electron chi connectivity index (χ0n) is 6.00. The highest BCUT2D eigenvalue weighted by Crippen LogP contribution is 2.06. The minimum atomic E-state index is 0.178. The Morgan fingerprint density at radius 1 is 1.56 bits per heavy atom. The fourth-order valence-electron chi connectivity index (χ4n) is 0.564. The number of para-hydroxylation sites is 1. The number of nitrogens with two attached hydrogens (primary N) is 1. The van der Waals surface area contributed by atoms with Gasteiger partial charge in [0.25, 0.3) is 0 Å². The van der Waals surface area contributed by atoms with Gasteiger partial charge >= 0.3 is 0 Å². The summed E-state index contributed by atoms with van der Waals surface area (Å²) in [5.74, 6) is 0.707. The summed E-state index contributed by atoms with van der Waals surface area (Å²) in [5, 5.41) is 0. The Morgan fingerprint density at radius 2 is 2.22 bits per heavy atom. The van der Waals surface area contributed by atoms with Crippen molar-refractivity contribution in [3.63, 3.8) is 0 Å². The van der Waals surface area contributed by atoms with Crippen molar-refractivity contribution in [2.75, 3.05) is 6.73 Å². The van der Waals surface area contributed by atoms with Gasteiger partial charge in [0.05, 0.1) is 1.37 Å². The van der Waals surface area contributed by atoms with Gasteiger partial charge in [-0.3, -0.25) is 5.73 Å². The third kappa shape index (κ3) is 1.74. The molecule has 0 heterocycles. The molecule has 1 aromatic carbocycles. The molecule has 0 bridgehead atoms. The molecule has 0 unspecified atom stereocenters. The van der Waals surface area contributed by atoms with Gasteiger partial charge in [0.1, 0.15) is 12.5 Å². The molecule has 0 saturated heterocycles. The number of ether oxygens (including phenoxy) is 1. The molecular weight excluding hydrogens is 114 g/mol. The predicted molar refractivity (Wildman–Crippen MR) is 36.1 cm³/mol. The summed E-state index contributed by atoms with van der Waals surface area (Å²) < 4.78 is 12.1. The molecule has 1 rings (SSSR count). The molecule has 9 heavy (non-hydrogen) atoms. The van der Waals surface area contributed by atoms with Crippen LogP contribution >= 0.6 is 0 Å². The van der Waals surface area contributed by atoms with E-state index in [0.29, 0.717) is 11.8 Å². The third-order valence-corrected chi connectivity index (χ3v) is 0.938. The van der Waals surface area contributed by atoms with Gasteiger partial charge in [0.2, 0.25) is 0 Å². The molecule has 0 radical (unpaired) electrons. The highest BCUT2D eigenvalue weighted by molar-refractivity contribution is 5.20. The van der Waals surface area contributed by atoms with E-state index in [-0.39, 0.29) is 6.73 Å². The summed E-state index contributed by atoms with van der Waals surface area (Å²) in [6.07, 6.45) is 0. The largest absolute Gasteiger partial charge is 0.479 e. The minimum absolute atomic E-state index is 0.178. The number of hydrogen-bond donors (Lipinski definition) is 1. The summed E-state index contributed by atoms with van der Waals surface area (Å²) in [5.41, 5.74) is 5.13. The van der Waals surface area contributed by atoms with Crippen molar-refractivity contribution in [3.05, 3.63) is 30.3 Å². The molecule has 0 fully saturated rings. The van der Waals surface area contributed by atoms with E-state index in [1.54, 1.807) is 24.3 Å². The van der Waals surface area contributed by atoms with Crippen LogP contribution in [0.1, 0.15) is 1.37 Å². The lowest BCUT2D eigenvalue weighted by Gasteiger charge is -1.98. The second-order valence-corrected chi connectivity index (χ2v) is 1.55. The van der Waals surface area contributed by atoms with Gasteiger partial charge in [0, 0.05) is 0 Å². The van der Waals surface area contributed by atoms with Crippen molar-refractivity contribution >= 4 is 0 Å². The van der Waals surface area contributed by atoms with Gasteiger partial charge in [-0.2, -0.15) is 0 Å². The van der Waals surface area contributed by atoms with E-state index in [1.165, 1.54) is 0 Å². The van der Waals surface area contributed by atoms with Crippen LogP contribution in [-0.2, 0) is 0 Å². The molecule has 1 aromatic rings. The van der Waals surface area contributed by atoms with Gasteiger partial charge in [-0.15, -0.1) is 0 Å². The number of rotatable bonds is 2. The monoisotopic (exact) mass is 124 g/mol. The first-order chi connectivity index (χ1) is 4.83. The molecule has 0 atom stereocenters. The SMILES string of the molecule is [2H]c1ccc(OCN)cc1. The zero-order valence-corrected chi connectivity index (χ0v) is 5.00. The lowest BCUT2D eigenvalue weighted by atomic mass is 10.3. The predicted octanol–water partition coefficient (Wildman–Crippen LogP) is 0.982. The van der Waals surface area contributed by atoms with Crippen LogP contribution in [0.5, 0.6) is 5.75 Å². The van der Waals surface area contributed by atoms with Crippen molar-refractivity contribution in [2.24, 2.45) is 5.73 Å². The number of benzene rings is 1. The van der Waals surface area contributed by atoms with Crippen LogP contribution in [0.15, 0.2) is 30.3 Å². The molecule has 2 heteroatoms. The standard InChI is InChI=1S/C7H9NO/c8-6-9-7-4-2-1-3-5-7/h1-5H,6,8H2/i1D. The van der Waals surface area contributed by atoms with E-state index >= 15 is 0 Å². The van der Waals surface area contributed by atoms with Gasteiger partial charge in [0.15, 0.2) is 0 Å². The van der Waals surface area contributed by atoms with Crippen molar-refractivity contribution in [1.29, 1.82) is 0 Å². The quantitative estimate of drug-likeness (QED) is 0.596. The first kappa shape index (κ1) is 4.82. The van der Waals surface area contributed by atoms with Crippen molar-refractivity contribution in [3.8, 4) is 5.75 Å². The van der Waals surface area contributed by atoms with Crippen LogP contribution in [0.3, 0.4) is 0 Å². The maximum atomic E-state index is 7.14. The zero-order chi connectivity index (χ0) is 7.40. The first-order valence-electron chi connectivity index (χ1n) is 3.22. The molecule has 0 saturated carbocycles. The van der Waals surface area contributed by atoms with E-state index in [4.69, 9.17) is 11.8 Å². The third-order valence-electron chi connectivity index (χ3n) is 0.938. The lowest BCUT2D eigenvalue weighted by molar-refractivity contribution is 0.329. The van der Waals surface area contributed by atoms with E-state index in [2.05, 4.69) is 0 Å². The van der Waals surface area contributed by atoms with Gasteiger partial charge in [-0.25, -0.2) is 0 Å². The molecule has 0 aliphatic rings. The molecule has 2 nitrogen and oxygen atoms in total. The van der Waals surface area contributed by atoms with Crippen LogP contribution < -0.4 is 10.5 Å². The maximum absolute atomic E-state index is 7.14. The topological polar surface area (TPSA) is 35.2 Å². The van der Waals surface area contributed by atoms with Gasteiger partial charge in [-0.1, -0.05) is 18.2 Å². The summed E-state index contributed by atoms with van der Waals surface area (Å²) in [6.45, 7) is 0.178. The van der Waals surface area contributed by atoms with Crippen molar-refractivity contribution < 1.29 is 6.11 Å². The van der Waals surface area contributed by atoms with Gasteiger partial charge in [-0.05, 0) is 12.1 Å². The molecular formula is C7H9NO. The average Bonchev–Trinajstić information content (AvgIpc) is 1.95. The van der Waals surface area contributed by atoms with Crippen molar-refractivity contribution in [2.45, 2.75) is 0 Å². The fourth-order valence-corrected chi connectivity index (χ4v) is 0.564. The Balaban J connectivity index is 2.69. The van der Waals surface area contributed by atoms with Crippen LogP contribution in [0.25, 0.3) is 0 Å². The smallest absolute Gasteiger partial charge is 0.137 e. The second kappa shape index (κ2) is 3.10. The first-order valence-corrected chi connectivity index (χ1v) is 2.72. The molecule has 0 amide bonds. The molecule has 0 spiro atoms. The Hall–Kier alpha value is -1.02. The molecule has 0 aromatic heterocycles. The minimum Gasteiger partial charge on any atom is -0.479 e. The normalized spacial score (nSPS) is 10.6. The summed E-state index contributed by atoms with van der Waals surface area (Å²) in [4.78, 5) is 0. The number of hydrogen-bond acceptors (Lipinski definition) is 2. The Bertz CT molecular complexity index is 197. The van der Waals surface area contributed by atoms with Crippen LogP contribution in [0.4, 0.5) is 0 Å². The summed E-state index contributed by atoms with van der Waals surface area (Å²) >= 11 is 0. The highest BCUT2D eigenvalue weighted by Gasteiger charge is 1.83. The van der Waals surface area contributed by atoms with E-state index in [9.17, 15) is 0 Å². The fraction of sp³-hybridized carbons (Fsp3) is 0.143. The summed E-state index contributed by atoms with van der Waals surface area (Å²) in [7, 11) is 0. The van der Waals surface area contributed by atoms with Crippen molar-refractivity contribution in [1.82, 2.24) is 0 Å². The Kier molecular flexibility index (Phi) is 1.66. The van der Waals surface area contributed by atoms with Crippen LogP contribution in [0, 0.1) is 0 Å². The Labute approximate surface area is 55.7 Å². The van der Waals surface area contributed by atoms with E-state index in [0.717, 1.165) is 0 Å². The van der Waals surface area contributed by atoms with E-state index in [1.807, 2.05) is 0 Å². The molecule has 48 valence electrons. The second-order valence-electron chi connectivity index (χ2n) is 1.55. The molecule has 0 aliphatic carbocycles. The summed E-state index contributed by atoms with van der Waals surface area (Å²) in [6, 6.07) is 7.23. The van der Waals surface area contributed by atoms with E-state index < -0.39 is 0 Å². The van der Waals surface area contributed by atoms with Gasteiger partial charge < -0.3 is 4.74 Å². The van der Waals surface area contributed by atoms with Crippen LogP contribution in [0.2, 0.25) is 0 Å². The molecule has 2 N–H and O–H groups in total.